The van der Waals surface area contributed by atoms with Gasteiger partial charge in [-0.15, -0.1) is 0 Å². The smallest absolute Gasteiger partial charge is 0.244 e. The van der Waals surface area contributed by atoms with Crippen LogP contribution in [0.4, 0.5) is 0 Å². The van der Waals surface area contributed by atoms with Crippen molar-refractivity contribution < 1.29 is 9.21 Å². The Morgan fingerprint density at radius 3 is 2.82 bits per heavy atom. The summed E-state index contributed by atoms with van der Waals surface area (Å²) in [4.78, 5) is 18.4. The van der Waals surface area contributed by atoms with Crippen LogP contribution in [0.25, 0.3) is 0 Å². The summed E-state index contributed by atoms with van der Waals surface area (Å²) in [6.07, 6.45) is 5.90. The Morgan fingerprint density at radius 2 is 2.14 bits per heavy atom. The van der Waals surface area contributed by atoms with Crippen LogP contribution in [0.3, 0.4) is 0 Å². The van der Waals surface area contributed by atoms with Crippen LogP contribution in [0, 0.1) is 0 Å². The van der Waals surface area contributed by atoms with Gasteiger partial charge in [0.25, 0.3) is 0 Å². The van der Waals surface area contributed by atoms with Crippen molar-refractivity contribution in [2.75, 3.05) is 32.7 Å². The van der Waals surface area contributed by atoms with Gasteiger partial charge in [-0.2, -0.15) is 0 Å². The van der Waals surface area contributed by atoms with Crippen molar-refractivity contribution in [2.45, 2.75) is 32.6 Å². The van der Waals surface area contributed by atoms with Crippen LogP contribution in [0.15, 0.2) is 27.8 Å². The molecule has 1 aromatic rings. The zero-order valence-corrected chi connectivity index (χ0v) is 13.3. The highest BCUT2D eigenvalue weighted by molar-refractivity contribution is 5.85. The second-order valence-corrected chi connectivity index (χ2v) is 5.39. The Balaban J connectivity index is 1.76. The number of aliphatic imine (C=N–C) groups is 1. The second-order valence-electron chi connectivity index (χ2n) is 5.39. The minimum absolute atomic E-state index is 0.114. The summed E-state index contributed by atoms with van der Waals surface area (Å²) in [5, 5.41) is 6.38. The fraction of sp³-hybridized carbons (Fsp3) is 0.625. The van der Waals surface area contributed by atoms with E-state index in [9.17, 15) is 4.79 Å². The van der Waals surface area contributed by atoms with Gasteiger partial charge in [0.05, 0.1) is 6.26 Å². The molecule has 22 heavy (non-hydrogen) atoms. The highest BCUT2D eigenvalue weighted by atomic mass is 16.3. The summed E-state index contributed by atoms with van der Waals surface area (Å²) >= 11 is 0. The predicted octanol–water partition coefficient (Wildman–Crippen LogP) is 1.39. The van der Waals surface area contributed by atoms with Crippen LogP contribution >= 0.6 is 0 Å². The van der Waals surface area contributed by atoms with Crippen LogP contribution in [-0.2, 0) is 11.2 Å². The van der Waals surface area contributed by atoms with Gasteiger partial charge in [-0.3, -0.25) is 4.79 Å². The minimum Gasteiger partial charge on any atom is -0.469 e. The quantitative estimate of drug-likeness (QED) is 0.615. The summed E-state index contributed by atoms with van der Waals surface area (Å²) in [5.41, 5.74) is 0. The molecule has 0 aromatic carbocycles. The van der Waals surface area contributed by atoms with E-state index in [1.54, 1.807) is 6.26 Å². The van der Waals surface area contributed by atoms with Crippen LogP contribution in [0.2, 0.25) is 0 Å². The number of piperidine rings is 1. The molecule has 0 atom stereocenters. The topological polar surface area (TPSA) is 69.9 Å². The molecular weight excluding hydrogens is 280 g/mol. The molecule has 0 saturated carbocycles. The Bertz CT molecular complexity index is 465. The Labute approximate surface area is 132 Å². The lowest BCUT2D eigenvalue weighted by Gasteiger charge is -2.26. The maximum atomic E-state index is 12.1. The van der Waals surface area contributed by atoms with Gasteiger partial charge in [0.15, 0.2) is 5.96 Å². The van der Waals surface area contributed by atoms with E-state index in [0.29, 0.717) is 5.96 Å². The van der Waals surface area contributed by atoms with Gasteiger partial charge >= 0.3 is 0 Å². The van der Waals surface area contributed by atoms with Gasteiger partial charge in [0.1, 0.15) is 12.3 Å². The summed E-state index contributed by atoms with van der Waals surface area (Å²) in [7, 11) is 0. The van der Waals surface area contributed by atoms with E-state index >= 15 is 0 Å². The van der Waals surface area contributed by atoms with Crippen molar-refractivity contribution in [2.24, 2.45) is 4.99 Å². The van der Waals surface area contributed by atoms with Gasteiger partial charge < -0.3 is 20.0 Å². The van der Waals surface area contributed by atoms with Crippen molar-refractivity contribution in [3.63, 3.8) is 0 Å². The molecule has 0 unspecified atom stereocenters. The first kappa shape index (κ1) is 16.4. The number of rotatable bonds is 6. The van der Waals surface area contributed by atoms with Crippen molar-refractivity contribution in [1.82, 2.24) is 15.5 Å². The van der Waals surface area contributed by atoms with Gasteiger partial charge in [0.2, 0.25) is 5.91 Å². The number of hydrogen-bond acceptors (Lipinski definition) is 3. The molecule has 0 spiro atoms. The van der Waals surface area contributed by atoms with E-state index < -0.39 is 0 Å². The summed E-state index contributed by atoms with van der Waals surface area (Å²) in [6.45, 7) is 5.45. The molecular formula is C16H26N4O2. The molecule has 0 bridgehead atoms. The van der Waals surface area contributed by atoms with Gasteiger partial charge in [0, 0.05) is 32.6 Å². The molecule has 1 aliphatic rings. The molecule has 1 saturated heterocycles. The molecule has 1 aliphatic heterocycles. The van der Waals surface area contributed by atoms with Crippen molar-refractivity contribution in [1.29, 1.82) is 0 Å². The molecule has 2 N–H and O–H groups in total. The average molecular weight is 306 g/mol. The summed E-state index contributed by atoms with van der Waals surface area (Å²) in [5.74, 6) is 1.73. The number of carbonyl (C=O) groups excluding carboxylic acids is 1. The summed E-state index contributed by atoms with van der Waals surface area (Å²) in [6, 6.07) is 3.83. The zero-order chi connectivity index (χ0) is 15.6. The molecule has 1 amide bonds. The highest BCUT2D eigenvalue weighted by Gasteiger charge is 2.15. The number of furan rings is 1. The monoisotopic (exact) mass is 306 g/mol. The number of likely N-dealkylation sites (tertiary alicyclic amines) is 1. The lowest BCUT2D eigenvalue weighted by Crippen LogP contribution is -2.41. The van der Waals surface area contributed by atoms with Crippen LogP contribution in [-0.4, -0.2) is 49.5 Å². The molecule has 2 heterocycles. The maximum absolute atomic E-state index is 12.1. The number of carbonyl (C=O) groups is 1. The number of nitrogens with one attached hydrogen (secondary N) is 2. The van der Waals surface area contributed by atoms with Gasteiger partial charge in [-0.05, 0) is 38.3 Å². The van der Waals surface area contributed by atoms with Crippen LogP contribution < -0.4 is 10.6 Å². The largest absolute Gasteiger partial charge is 0.469 e. The first-order valence-electron chi connectivity index (χ1n) is 8.12. The van der Waals surface area contributed by atoms with E-state index in [1.807, 2.05) is 24.0 Å². The highest BCUT2D eigenvalue weighted by Crippen LogP contribution is 2.08. The maximum Gasteiger partial charge on any atom is 0.244 e. The molecule has 0 aliphatic carbocycles. The fourth-order valence-electron chi connectivity index (χ4n) is 2.49. The number of hydrogen-bond donors (Lipinski definition) is 2. The zero-order valence-electron chi connectivity index (χ0n) is 13.3. The first-order valence-corrected chi connectivity index (χ1v) is 8.12. The van der Waals surface area contributed by atoms with E-state index in [1.165, 1.54) is 6.42 Å². The number of nitrogens with zero attached hydrogens (tertiary/aromatic N) is 2. The average Bonchev–Trinajstić information content (AvgIpc) is 3.06. The lowest BCUT2D eigenvalue weighted by molar-refractivity contribution is -0.130. The molecule has 122 valence electrons. The lowest BCUT2D eigenvalue weighted by atomic mass is 10.1. The molecule has 1 aromatic heterocycles. The van der Waals surface area contributed by atoms with Gasteiger partial charge in [-0.25, -0.2) is 4.99 Å². The van der Waals surface area contributed by atoms with Crippen LogP contribution in [0.1, 0.15) is 31.9 Å². The van der Waals surface area contributed by atoms with E-state index in [0.717, 1.165) is 51.2 Å². The Morgan fingerprint density at radius 1 is 1.32 bits per heavy atom. The molecule has 6 heteroatoms. The Kier molecular flexibility index (Phi) is 6.80. The van der Waals surface area contributed by atoms with Crippen molar-refractivity contribution in [3.05, 3.63) is 24.2 Å². The summed E-state index contributed by atoms with van der Waals surface area (Å²) < 4.78 is 5.29. The number of guanidine groups is 1. The predicted molar refractivity (Wildman–Crippen MR) is 86.8 cm³/mol. The van der Waals surface area contributed by atoms with Crippen molar-refractivity contribution >= 4 is 11.9 Å². The third kappa shape index (κ3) is 5.42. The standard InChI is InChI=1S/C16H26N4O2/c1-2-17-16(18-9-8-14-7-6-12-22-14)19-13-15(21)20-10-4-3-5-11-20/h6-7,12H,2-5,8-11,13H2,1H3,(H2,17,18,19). The number of amides is 1. The molecule has 2 rings (SSSR count). The minimum atomic E-state index is 0.114. The second kappa shape index (κ2) is 9.12. The van der Waals surface area contributed by atoms with Gasteiger partial charge in [-0.1, -0.05) is 0 Å². The first-order chi connectivity index (χ1) is 10.8. The fourth-order valence-corrected chi connectivity index (χ4v) is 2.49. The molecule has 6 nitrogen and oxygen atoms in total. The van der Waals surface area contributed by atoms with E-state index in [-0.39, 0.29) is 12.5 Å². The Hall–Kier alpha value is -1.98. The normalized spacial score (nSPS) is 15.7. The van der Waals surface area contributed by atoms with Crippen LogP contribution in [0.5, 0.6) is 0 Å². The third-order valence-corrected chi connectivity index (χ3v) is 3.67. The SMILES string of the molecule is CCNC(=NCC(=O)N1CCCCC1)NCCc1ccco1. The van der Waals surface area contributed by atoms with Crippen molar-refractivity contribution in [3.8, 4) is 0 Å². The molecule has 0 radical (unpaired) electrons. The van der Waals surface area contributed by atoms with E-state index in [4.69, 9.17) is 4.42 Å². The van der Waals surface area contributed by atoms with E-state index in [2.05, 4.69) is 15.6 Å². The molecule has 1 fully saturated rings. The third-order valence-electron chi connectivity index (χ3n) is 3.67.